The average molecular weight is 192 g/mol. The van der Waals surface area contributed by atoms with Gasteiger partial charge in [-0.1, -0.05) is 30.3 Å². The maximum absolute atomic E-state index is 11.9. The Kier molecular flexibility index (Phi) is 3.29. The van der Waals surface area contributed by atoms with E-state index in [9.17, 15) is 5.21 Å². The van der Waals surface area contributed by atoms with Gasteiger partial charge in [0.15, 0.2) is 0 Å². The van der Waals surface area contributed by atoms with Crippen molar-refractivity contribution in [3.05, 3.63) is 35.9 Å². The van der Waals surface area contributed by atoms with E-state index in [2.05, 4.69) is 0 Å². The Morgan fingerprint density at radius 3 is 2.07 bits per heavy atom. The third-order valence-electron chi connectivity index (χ3n) is 2.29. The number of rotatable bonds is 2. The highest BCUT2D eigenvalue weighted by Crippen LogP contribution is 2.25. The fourth-order valence-electron chi connectivity index (χ4n) is 1.45. The van der Waals surface area contributed by atoms with Crippen LogP contribution in [0.25, 0.3) is 0 Å². The molecular weight excluding hydrogens is 174 g/mol. The van der Waals surface area contributed by atoms with Gasteiger partial charge in [0.05, 0.1) is 6.04 Å². The molecule has 2 heteroatoms. The fourth-order valence-corrected chi connectivity index (χ4v) is 1.45. The first-order valence-electron chi connectivity index (χ1n) is 4.94. The van der Waals surface area contributed by atoms with Crippen molar-refractivity contribution in [3.63, 3.8) is 0 Å². The van der Waals surface area contributed by atoms with Crippen molar-refractivity contribution in [1.82, 2.24) is 5.06 Å². The molecule has 0 saturated carbocycles. The normalized spacial score (nSPS) is 14.4. The SMILES string of the molecule is CC(c1ccccc1)N([O])C(C)(C)C. The summed E-state index contributed by atoms with van der Waals surface area (Å²) in [5.41, 5.74) is 0.729. The van der Waals surface area contributed by atoms with Crippen molar-refractivity contribution in [2.24, 2.45) is 0 Å². The van der Waals surface area contributed by atoms with Crippen molar-refractivity contribution < 1.29 is 5.21 Å². The molecule has 1 atom stereocenters. The minimum absolute atomic E-state index is 0.0869. The zero-order valence-electron chi connectivity index (χ0n) is 9.32. The van der Waals surface area contributed by atoms with Crippen LogP contribution in [0.1, 0.15) is 39.3 Å². The van der Waals surface area contributed by atoms with Crippen molar-refractivity contribution in [2.45, 2.75) is 39.3 Å². The fraction of sp³-hybridized carbons (Fsp3) is 0.500. The topological polar surface area (TPSA) is 23.1 Å². The van der Waals surface area contributed by atoms with Crippen LogP contribution >= 0.6 is 0 Å². The van der Waals surface area contributed by atoms with Gasteiger partial charge in [-0.15, -0.1) is 10.3 Å². The zero-order valence-corrected chi connectivity index (χ0v) is 9.32. The van der Waals surface area contributed by atoms with Crippen LogP contribution < -0.4 is 0 Å². The van der Waals surface area contributed by atoms with E-state index in [1.807, 2.05) is 58.0 Å². The van der Waals surface area contributed by atoms with Crippen molar-refractivity contribution in [3.8, 4) is 0 Å². The van der Waals surface area contributed by atoms with Crippen LogP contribution in [0.3, 0.4) is 0 Å². The molecule has 0 bridgehead atoms. The van der Waals surface area contributed by atoms with Gasteiger partial charge in [0.25, 0.3) is 0 Å². The van der Waals surface area contributed by atoms with Crippen molar-refractivity contribution in [2.75, 3.05) is 0 Å². The van der Waals surface area contributed by atoms with Gasteiger partial charge < -0.3 is 0 Å². The highest BCUT2D eigenvalue weighted by molar-refractivity contribution is 5.18. The molecule has 2 nitrogen and oxygen atoms in total. The molecule has 77 valence electrons. The summed E-state index contributed by atoms with van der Waals surface area (Å²) in [6.45, 7) is 7.73. The smallest absolute Gasteiger partial charge is 0.0610 e. The Morgan fingerprint density at radius 1 is 1.14 bits per heavy atom. The summed E-state index contributed by atoms with van der Waals surface area (Å²) < 4.78 is 0. The average Bonchev–Trinajstić information content (AvgIpc) is 2.15. The highest BCUT2D eigenvalue weighted by atomic mass is 16.5. The van der Waals surface area contributed by atoms with E-state index in [1.54, 1.807) is 0 Å². The Bertz CT molecular complexity index is 276. The summed E-state index contributed by atoms with van der Waals surface area (Å²) in [6, 6.07) is 9.77. The van der Waals surface area contributed by atoms with E-state index in [-0.39, 0.29) is 11.6 Å². The summed E-state index contributed by atoms with van der Waals surface area (Å²) in [5.74, 6) is 0. The first-order valence-corrected chi connectivity index (χ1v) is 4.94. The molecule has 0 aliphatic rings. The second-order valence-corrected chi connectivity index (χ2v) is 4.58. The van der Waals surface area contributed by atoms with Crippen LogP contribution in [-0.2, 0) is 5.21 Å². The summed E-state index contributed by atoms with van der Waals surface area (Å²) >= 11 is 0. The minimum atomic E-state index is -0.338. The number of nitrogens with zero attached hydrogens (tertiary/aromatic N) is 1. The van der Waals surface area contributed by atoms with Crippen LogP contribution in [0.4, 0.5) is 0 Å². The van der Waals surface area contributed by atoms with E-state index < -0.39 is 0 Å². The lowest BCUT2D eigenvalue weighted by Crippen LogP contribution is -2.39. The van der Waals surface area contributed by atoms with E-state index in [4.69, 9.17) is 0 Å². The standard InChI is InChI=1S/C12H18NO/c1-10(13(14)12(2,3)4)11-8-6-5-7-9-11/h5-10H,1-4H3. The van der Waals surface area contributed by atoms with Crippen LogP contribution in [-0.4, -0.2) is 10.6 Å². The second-order valence-electron chi connectivity index (χ2n) is 4.58. The maximum Gasteiger partial charge on any atom is 0.0610 e. The molecule has 0 aromatic heterocycles. The number of hydrogen-bond donors (Lipinski definition) is 0. The molecule has 14 heavy (non-hydrogen) atoms. The quantitative estimate of drug-likeness (QED) is 0.660. The minimum Gasteiger partial charge on any atom is -0.143 e. The van der Waals surface area contributed by atoms with Gasteiger partial charge in [0.2, 0.25) is 0 Å². The molecule has 0 amide bonds. The molecular formula is C12H18NO. The molecule has 0 N–H and O–H groups in total. The first kappa shape index (κ1) is 11.2. The van der Waals surface area contributed by atoms with Crippen molar-refractivity contribution >= 4 is 0 Å². The largest absolute Gasteiger partial charge is 0.143 e. The molecule has 1 radical (unpaired) electrons. The number of hydroxylamine groups is 2. The summed E-state index contributed by atoms with van der Waals surface area (Å²) in [7, 11) is 0. The summed E-state index contributed by atoms with van der Waals surface area (Å²) in [6.07, 6.45) is 0. The Labute approximate surface area is 86.1 Å². The lowest BCUT2D eigenvalue weighted by molar-refractivity contribution is -0.238. The number of benzene rings is 1. The monoisotopic (exact) mass is 192 g/mol. The van der Waals surface area contributed by atoms with E-state index in [1.165, 1.54) is 0 Å². The molecule has 0 fully saturated rings. The molecule has 1 unspecified atom stereocenters. The Hall–Kier alpha value is -0.860. The van der Waals surface area contributed by atoms with Crippen LogP contribution in [0, 0.1) is 0 Å². The van der Waals surface area contributed by atoms with Gasteiger partial charge in [0, 0.05) is 5.54 Å². The predicted octanol–water partition coefficient (Wildman–Crippen LogP) is 3.19. The highest BCUT2D eigenvalue weighted by Gasteiger charge is 2.26. The van der Waals surface area contributed by atoms with Gasteiger partial charge in [-0.2, -0.15) is 0 Å². The van der Waals surface area contributed by atoms with E-state index >= 15 is 0 Å². The summed E-state index contributed by atoms with van der Waals surface area (Å²) in [5, 5.41) is 13.0. The van der Waals surface area contributed by atoms with Crippen molar-refractivity contribution in [1.29, 1.82) is 0 Å². The van der Waals surface area contributed by atoms with Crippen LogP contribution in [0.2, 0.25) is 0 Å². The molecule has 0 spiro atoms. The second kappa shape index (κ2) is 4.11. The maximum atomic E-state index is 11.9. The molecule has 0 heterocycles. The number of hydrogen-bond acceptors (Lipinski definition) is 1. The Morgan fingerprint density at radius 2 is 1.64 bits per heavy atom. The zero-order chi connectivity index (χ0) is 10.8. The Balaban J connectivity index is 2.81. The van der Waals surface area contributed by atoms with Gasteiger partial charge in [-0.05, 0) is 33.3 Å². The molecule has 0 saturated heterocycles. The van der Waals surface area contributed by atoms with Gasteiger partial charge >= 0.3 is 0 Å². The molecule has 1 rings (SSSR count). The predicted molar refractivity (Wildman–Crippen MR) is 57.1 cm³/mol. The molecule has 1 aromatic rings. The lowest BCUT2D eigenvalue weighted by atomic mass is 10.0. The summed E-state index contributed by atoms with van der Waals surface area (Å²) in [4.78, 5) is 0. The van der Waals surface area contributed by atoms with Gasteiger partial charge in [0.1, 0.15) is 0 Å². The lowest BCUT2D eigenvalue weighted by Gasteiger charge is -2.32. The van der Waals surface area contributed by atoms with Gasteiger partial charge in [-0.25, -0.2) is 0 Å². The van der Waals surface area contributed by atoms with Gasteiger partial charge in [-0.3, -0.25) is 0 Å². The first-order chi connectivity index (χ1) is 6.43. The molecule has 0 aliphatic heterocycles. The van der Waals surface area contributed by atoms with Crippen LogP contribution in [0.15, 0.2) is 30.3 Å². The van der Waals surface area contributed by atoms with E-state index in [0.717, 1.165) is 10.6 Å². The third kappa shape index (κ3) is 2.56. The molecule has 0 aliphatic carbocycles. The van der Waals surface area contributed by atoms with E-state index in [0.29, 0.717) is 0 Å². The van der Waals surface area contributed by atoms with Crippen LogP contribution in [0.5, 0.6) is 0 Å². The third-order valence-corrected chi connectivity index (χ3v) is 2.29. The molecule has 1 aromatic carbocycles.